The molecule has 0 spiro atoms. The molecule has 114 valence electrons. The van der Waals surface area contributed by atoms with E-state index < -0.39 is 23.0 Å². The zero-order chi connectivity index (χ0) is 15.5. The van der Waals surface area contributed by atoms with Gasteiger partial charge in [-0.3, -0.25) is 4.79 Å². The summed E-state index contributed by atoms with van der Waals surface area (Å²) in [4.78, 5) is 24.2. The van der Waals surface area contributed by atoms with Crippen molar-refractivity contribution >= 4 is 11.9 Å². The van der Waals surface area contributed by atoms with E-state index in [1.54, 1.807) is 31.2 Å². The normalized spacial score (nSPS) is 20.3. The molecule has 0 aliphatic heterocycles. The molecule has 0 heterocycles. The third-order valence-corrected chi connectivity index (χ3v) is 4.31. The van der Waals surface area contributed by atoms with Gasteiger partial charge in [-0.1, -0.05) is 49.6 Å². The molecule has 0 bridgehead atoms. The molecule has 0 radical (unpaired) electrons. The quantitative estimate of drug-likeness (QED) is 0.788. The number of nitrogens with two attached hydrogens (primary N) is 1. The Kier molecular flexibility index (Phi) is 4.32. The molecule has 1 aliphatic rings. The Labute approximate surface area is 124 Å². The maximum Gasteiger partial charge on any atom is 0.329 e. The van der Waals surface area contributed by atoms with E-state index in [9.17, 15) is 14.7 Å². The highest BCUT2D eigenvalue weighted by Crippen LogP contribution is 2.30. The van der Waals surface area contributed by atoms with E-state index >= 15 is 0 Å². The predicted octanol–water partition coefficient (Wildman–Crippen LogP) is 1.76. The minimum atomic E-state index is -1.25. The lowest BCUT2D eigenvalue weighted by molar-refractivity contribution is -0.150. The van der Waals surface area contributed by atoms with Crippen molar-refractivity contribution in [3.63, 3.8) is 0 Å². The minimum absolute atomic E-state index is 0.446. The van der Waals surface area contributed by atoms with Gasteiger partial charge >= 0.3 is 5.97 Å². The van der Waals surface area contributed by atoms with Gasteiger partial charge in [0.25, 0.3) is 0 Å². The van der Waals surface area contributed by atoms with Gasteiger partial charge in [0, 0.05) is 0 Å². The van der Waals surface area contributed by atoms with Crippen LogP contribution in [-0.4, -0.2) is 22.5 Å². The zero-order valence-electron chi connectivity index (χ0n) is 12.3. The van der Waals surface area contributed by atoms with Gasteiger partial charge in [0.2, 0.25) is 5.91 Å². The second kappa shape index (κ2) is 5.85. The lowest BCUT2D eigenvalue weighted by Gasteiger charge is -2.37. The summed E-state index contributed by atoms with van der Waals surface area (Å²) in [7, 11) is 0. The molecular weight excluding hydrogens is 268 g/mol. The molecular formula is C16H22N2O3. The van der Waals surface area contributed by atoms with Crippen LogP contribution < -0.4 is 11.1 Å². The molecule has 1 saturated carbocycles. The van der Waals surface area contributed by atoms with Crippen molar-refractivity contribution in [3.8, 4) is 0 Å². The van der Waals surface area contributed by atoms with Crippen LogP contribution >= 0.6 is 0 Å². The summed E-state index contributed by atoms with van der Waals surface area (Å²) in [5.74, 6) is -1.42. The summed E-state index contributed by atoms with van der Waals surface area (Å²) in [5, 5.41) is 12.2. The first-order valence-electron chi connectivity index (χ1n) is 7.29. The largest absolute Gasteiger partial charge is 0.480 e. The van der Waals surface area contributed by atoms with Crippen molar-refractivity contribution in [3.05, 3.63) is 35.9 Å². The van der Waals surface area contributed by atoms with E-state index in [4.69, 9.17) is 5.73 Å². The number of amides is 1. The standard InChI is InChI=1S/C16H22N2O3/c1-15(17,12-8-4-2-5-9-12)13(19)18-16(14(20)21)10-6-3-7-11-16/h2,4-5,8-9H,3,6-7,10-11,17H2,1H3,(H,18,19)(H,20,21). The summed E-state index contributed by atoms with van der Waals surface area (Å²) < 4.78 is 0. The van der Waals surface area contributed by atoms with Gasteiger partial charge in [-0.15, -0.1) is 0 Å². The Hall–Kier alpha value is -1.88. The number of nitrogens with one attached hydrogen (secondary N) is 1. The van der Waals surface area contributed by atoms with Crippen molar-refractivity contribution in [1.82, 2.24) is 5.32 Å². The molecule has 5 heteroatoms. The minimum Gasteiger partial charge on any atom is -0.480 e. The summed E-state index contributed by atoms with van der Waals surface area (Å²) in [6.07, 6.45) is 3.53. The first-order valence-corrected chi connectivity index (χ1v) is 7.29. The van der Waals surface area contributed by atoms with Crippen LogP contribution in [0.2, 0.25) is 0 Å². The molecule has 21 heavy (non-hydrogen) atoms. The van der Waals surface area contributed by atoms with Crippen LogP contribution in [0.25, 0.3) is 0 Å². The monoisotopic (exact) mass is 290 g/mol. The van der Waals surface area contributed by atoms with Gasteiger partial charge in [0.15, 0.2) is 0 Å². The molecule has 4 N–H and O–H groups in total. The molecule has 1 fully saturated rings. The number of hydrogen-bond acceptors (Lipinski definition) is 3. The van der Waals surface area contributed by atoms with E-state index in [1.807, 2.05) is 6.07 Å². The maximum absolute atomic E-state index is 12.5. The van der Waals surface area contributed by atoms with Gasteiger partial charge in [0.05, 0.1) is 0 Å². The van der Waals surface area contributed by atoms with Crippen LogP contribution in [-0.2, 0) is 15.1 Å². The van der Waals surface area contributed by atoms with Gasteiger partial charge in [-0.25, -0.2) is 4.79 Å². The third kappa shape index (κ3) is 3.08. The third-order valence-electron chi connectivity index (χ3n) is 4.31. The molecule has 1 aromatic rings. The van der Waals surface area contributed by atoms with Gasteiger partial charge in [-0.2, -0.15) is 0 Å². The Morgan fingerprint density at radius 3 is 2.29 bits per heavy atom. The van der Waals surface area contributed by atoms with Crippen molar-refractivity contribution in [2.45, 2.75) is 50.1 Å². The summed E-state index contributed by atoms with van der Waals surface area (Å²) in [6, 6.07) is 9.00. The summed E-state index contributed by atoms with van der Waals surface area (Å²) in [6.45, 7) is 1.61. The second-order valence-electron chi connectivity index (χ2n) is 5.97. The van der Waals surface area contributed by atoms with Crippen LogP contribution in [0.5, 0.6) is 0 Å². The van der Waals surface area contributed by atoms with Crippen molar-refractivity contribution < 1.29 is 14.7 Å². The topological polar surface area (TPSA) is 92.4 Å². The number of carboxylic acid groups (broad SMARTS) is 1. The van der Waals surface area contributed by atoms with Crippen LogP contribution in [0.15, 0.2) is 30.3 Å². The maximum atomic E-state index is 12.5. The molecule has 1 atom stereocenters. The molecule has 1 amide bonds. The number of carbonyl (C=O) groups excluding carboxylic acids is 1. The number of carboxylic acids is 1. The van der Waals surface area contributed by atoms with Crippen molar-refractivity contribution in [2.24, 2.45) is 5.73 Å². The number of aliphatic carboxylic acids is 1. The summed E-state index contributed by atoms with van der Waals surface area (Å²) >= 11 is 0. The molecule has 0 saturated heterocycles. The smallest absolute Gasteiger partial charge is 0.329 e. The average molecular weight is 290 g/mol. The fourth-order valence-electron chi connectivity index (χ4n) is 2.81. The Bertz CT molecular complexity index is 520. The van der Waals surface area contributed by atoms with Crippen molar-refractivity contribution in [1.29, 1.82) is 0 Å². The molecule has 1 unspecified atom stereocenters. The van der Waals surface area contributed by atoms with Gasteiger partial charge in [0.1, 0.15) is 11.1 Å². The number of hydrogen-bond donors (Lipinski definition) is 3. The molecule has 5 nitrogen and oxygen atoms in total. The average Bonchev–Trinajstić information content (AvgIpc) is 2.49. The Morgan fingerprint density at radius 1 is 1.19 bits per heavy atom. The van der Waals surface area contributed by atoms with Crippen LogP contribution in [0.4, 0.5) is 0 Å². The SMILES string of the molecule is CC(N)(C(=O)NC1(C(=O)O)CCCCC1)c1ccccc1. The molecule has 2 rings (SSSR count). The highest BCUT2D eigenvalue weighted by molar-refractivity contribution is 5.92. The van der Waals surface area contributed by atoms with Gasteiger partial charge in [-0.05, 0) is 25.3 Å². The van der Waals surface area contributed by atoms with E-state index in [1.165, 1.54) is 0 Å². The highest BCUT2D eigenvalue weighted by Gasteiger charge is 2.44. The first kappa shape index (κ1) is 15.5. The highest BCUT2D eigenvalue weighted by atomic mass is 16.4. The Morgan fingerprint density at radius 2 is 1.76 bits per heavy atom. The first-order chi connectivity index (χ1) is 9.88. The predicted molar refractivity (Wildman–Crippen MR) is 79.6 cm³/mol. The lowest BCUT2D eigenvalue weighted by Crippen LogP contribution is -2.61. The van der Waals surface area contributed by atoms with Gasteiger partial charge < -0.3 is 16.2 Å². The molecule has 1 aliphatic carbocycles. The summed E-state index contributed by atoms with van der Waals surface area (Å²) in [5.41, 5.74) is 4.39. The zero-order valence-corrected chi connectivity index (χ0v) is 12.3. The fourth-order valence-corrected chi connectivity index (χ4v) is 2.81. The lowest BCUT2D eigenvalue weighted by atomic mass is 9.80. The molecule has 1 aromatic carbocycles. The molecule has 0 aromatic heterocycles. The fraction of sp³-hybridized carbons (Fsp3) is 0.500. The van der Waals surface area contributed by atoms with Crippen LogP contribution in [0.1, 0.15) is 44.6 Å². The van der Waals surface area contributed by atoms with Crippen molar-refractivity contribution in [2.75, 3.05) is 0 Å². The van der Waals surface area contributed by atoms with E-state index in [0.717, 1.165) is 19.3 Å². The van der Waals surface area contributed by atoms with Crippen LogP contribution in [0.3, 0.4) is 0 Å². The van der Waals surface area contributed by atoms with E-state index in [0.29, 0.717) is 18.4 Å². The number of carbonyl (C=O) groups is 2. The second-order valence-corrected chi connectivity index (χ2v) is 5.97. The van der Waals surface area contributed by atoms with E-state index in [2.05, 4.69) is 5.32 Å². The number of rotatable bonds is 4. The van der Waals surface area contributed by atoms with Crippen LogP contribution in [0, 0.1) is 0 Å². The number of benzene rings is 1. The van der Waals surface area contributed by atoms with E-state index in [-0.39, 0.29) is 0 Å². The Balaban J connectivity index is 2.21.